The molecule has 148 valence electrons. The van der Waals surface area contributed by atoms with Gasteiger partial charge in [-0.15, -0.1) is 0 Å². The van der Waals surface area contributed by atoms with Crippen molar-refractivity contribution in [1.29, 1.82) is 0 Å². The first-order chi connectivity index (χ1) is 13.3. The van der Waals surface area contributed by atoms with E-state index >= 15 is 0 Å². The molecule has 0 heterocycles. The van der Waals surface area contributed by atoms with Crippen LogP contribution in [0, 0.1) is 12.8 Å². The number of nitrogens with zero attached hydrogens (tertiary/aromatic N) is 1. The van der Waals surface area contributed by atoms with Crippen LogP contribution in [0.5, 0.6) is 0 Å². The molecule has 0 bridgehead atoms. The molecule has 0 radical (unpaired) electrons. The normalized spacial score (nSPS) is 14.0. The average Bonchev–Trinajstić information content (AvgIpc) is 3.52. The Kier molecular flexibility index (Phi) is 5.81. The van der Waals surface area contributed by atoms with Crippen molar-refractivity contribution in [2.24, 2.45) is 5.92 Å². The number of aryl methyl sites for hydroxylation is 1. The fourth-order valence-electron chi connectivity index (χ4n) is 2.63. The molecule has 2 aromatic carbocycles. The molecular formula is C20H23N3O4S. The average molecular weight is 401 g/mol. The van der Waals surface area contributed by atoms with Crippen LogP contribution in [0.15, 0.2) is 53.4 Å². The van der Waals surface area contributed by atoms with Gasteiger partial charge >= 0.3 is 0 Å². The first kappa shape index (κ1) is 20.0. The number of carbonyl (C=O) groups is 2. The van der Waals surface area contributed by atoms with Crippen LogP contribution in [0.1, 0.15) is 34.3 Å². The number of amides is 2. The fourth-order valence-corrected chi connectivity index (χ4v) is 3.79. The van der Waals surface area contributed by atoms with E-state index in [2.05, 4.69) is 10.9 Å². The van der Waals surface area contributed by atoms with Crippen LogP contribution in [0.3, 0.4) is 0 Å². The smallest absolute Gasteiger partial charge is 0.269 e. The number of rotatable bonds is 6. The van der Waals surface area contributed by atoms with E-state index in [0.29, 0.717) is 5.56 Å². The molecule has 0 unspecified atom stereocenters. The predicted molar refractivity (Wildman–Crippen MR) is 105 cm³/mol. The molecule has 2 amide bonds. The van der Waals surface area contributed by atoms with Crippen molar-refractivity contribution >= 4 is 21.8 Å². The summed E-state index contributed by atoms with van der Waals surface area (Å²) in [6.07, 6.45) is 1.71. The molecule has 0 atom stereocenters. The van der Waals surface area contributed by atoms with Crippen LogP contribution in [0.25, 0.3) is 0 Å². The van der Waals surface area contributed by atoms with Crippen molar-refractivity contribution in [1.82, 2.24) is 15.2 Å². The summed E-state index contributed by atoms with van der Waals surface area (Å²) in [6.45, 7) is 2.08. The van der Waals surface area contributed by atoms with Gasteiger partial charge in [-0.1, -0.05) is 29.8 Å². The van der Waals surface area contributed by atoms with E-state index in [1.54, 1.807) is 48.5 Å². The Labute approximate surface area is 164 Å². The van der Waals surface area contributed by atoms with Crippen LogP contribution in [-0.4, -0.2) is 31.6 Å². The van der Waals surface area contributed by atoms with Crippen LogP contribution in [0.2, 0.25) is 0 Å². The van der Waals surface area contributed by atoms with Crippen LogP contribution in [-0.2, 0) is 21.4 Å². The Bertz CT molecular complexity index is 966. The summed E-state index contributed by atoms with van der Waals surface area (Å²) in [6, 6.07) is 13.3. The third-order valence-electron chi connectivity index (χ3n) is 4.60. The van der Waals surface area contributed by atoms with Crippen molar-refractivity contribution in [3.05, 3.63) is 65.2 Å². The molecule has 0 aliphatic heterocycles. The summed E-state index contributed by atoms with van der Waals surface area (Å²) in [5.41, 5.74) is 6.91. The molecule has 1 fully saturated rings. The molecule has 0 aromatic heterocycles. The number of hydrazine groups is 1. The largest absolute Gasteiger partial charge is 0.273 e. The number of hydrogen-bond acceptors (Lipinski definition) is 4. The summed E-state index contributed by atoms with van der Waals surface area (Å²) in [4.78, 5) is 23.9. The quantitative estimate of drug-likeness (QED) is 0.724. The third kappa shape index (κ3) is 4.76. The van der Waals surface area contributed by atoms with E-state index in [9.17, 15) is 18.0 Å². The maximum Gasteiger partial charge on any atom is 0.269 e. The van der Waals surface area contributed by atoms with Crippen LogP contribution >= 0.6 is 0 Å². The summed E-state index contributed by atoms with van der Waals surface area (Å²) < 4.78 is 26.6. The van der Waals surface area contributed by atoms with Gasteiger partial charge in [-0.2, -0.15) is 4.31 Å². The van der Waals surface area contributed by atoms with Crippen molar-refractivity contribution in [2.45, 2.75) is 31.2 Å². The summed E-state index contributed by atoms with van der Waals surface area (Å²) in [7, 11) is -2.08. The lowest BCUT2D eigenvalue weighted by atomic mass is 10.1. The molecule has 2 aromatic rings. The molecule has 0 spiro atoms. The standard InChI is InChI=1S/C20H23N3O4S/c1-14-3-11-18(12-4-14)28(26,27)23(2)13-15-5-7-16(8-6-15)19(24)21-22-20(25)17-9-10-17/h3-8,11-12,17H,9-10,13H2,1-2H3,(H,21,24)(H,22,25). The van der Waals surface area contributed by atoms with Crippen LogP contribution in [0.4, 0.5) is 0 Å². The summed E-state index contributed by atoms with van der Waals surface area (Å²) in [5.74, 6) is -0.581. The van der Waals surface area contributed by atoms with Gasteiger partial charge < -0.3 is 0 Å². The summed E-state index contributed by atoms with van der Waals surface area (Å²) in [5, 5.41) is 0. The highest BCUT2D eigenvalue weighted by Crippen LogP contribution is 2.28. The zero-order chi connectivity index (χ0) is 20.3. The molecule has 1 saturated carbocycles. The maximum atomic E-state index is 12.7. The van der Waals surface area contributed by atoms with Crippen molar-refractivity contribution in [2.75, 3.05) is 7.05 Å². The van der Waals surface area contributed by atoms with Gasteiger partial charge in [0.15, 0.2) is 0 Å². The van der Waals surface area contributed by atoms with Gasteiger partial charge in [0, 0.05) is 25.1 Å². The Morgan fingerprint density at radius 2 is 1.61 bits per heavy atom. The Balaban J connectivity index is 1.60. The lowest BCUT2D eigenvalue weighted by molar-refractivity contribution is -0.123. The third-order valence-corrected chi connectivity index (χ3v) is 6.42. The van der Waals surface area contributed by atoms with E-state index in [0.717, 1.165) is 24.0 Å². The zero-order valence-electron chi connectivity index (χ0n) is 15.8. The summed E-state index contributed by atoms with van der Waals surface area (Å²) >= 11 is 0. The van der Waals surface area contributed by atoms with E-state index in [4.69, 9.17) is 0 Å². The second-order valence-electron chi connectivity index (χ2n) is 6.99. The number of carbonyl (C=O) groups excluding carboxylic acids is 2. The topological polar surface area (TPSA) is 95.6 Å². The van der Waals surface area contributed by atoms with Crippen molar-refractivity contribution in [3.63, 3.8) is 0 Å². The van der Waals surface area contributed by atoms with Gasteiger partial charge in [0.2, 0.25) is 15.9 Å². The molecular weight excluding hydrogens is 378 g/mol. The fraction of sp³-hybridized carbons (Fsp3) is 0.300. The zero-order valence-corrected chi connectivity index (χ0v) is 16.6. The molecule has 8 heteroatoms. The number of hydrogen-bond donors (Lipinski definition) is 2. The van der Waals surface area contributed by atoms with Gasteiger partial charge in [0.25, 0.3) is 5.91 Å². The highest BCUT2D eigenvalue weighted by atomic mass is 32.2. The van der Waals surface area contributed by atoms with Gasteiger partial charge in [0.1, 0.15) is 0 Å². The van der Waals surface area contributed by atoms with E-state index in [-0.39, 0.29) is 23.3 Å². The maximum absolute atomic E-state index is 12.7. The monoisotopic (exact) mass is 401 g/mol. The number of benzene rings is 2. The van der Waals surface area contributed by atoms with E-state index < -0.39 is 15.9 Å². The first-order valence-corrected chi connectivity index (χ1v) is 10.4. The molecule has 7 nitrogen and oxygen atoms in total. The lowest BCUT2D eigenvalue weighted by Crippen LogP contribution is -2.42. The number of sulfonamides is 1. The molecule has 1 aliphatic rings. The van der Waals surface area contributed by atoms with Crippen molar-refractivity contribution < 1.29 is 18.0 Å². The van der Waals surface area contributed by atoms with Gasteiger partial charge in [0.05, 0.1) is 4.90 Å². The molecule has 3 rings (SSSR count). The Morgan fingerprint density at radius 1 is 1.00 bits per heavy atom. The van der Waals surface area contributed by atoms with Gasteiger partial charge in [-0.25, -0.2) is 8.42 Å². The SMILES string of the molecule is Cc1ccc(S(=O)(=O)N(C)Cc2ccc(C(=O)NNC(=O)C3CC3)cc2)cc1. The molecule has 28 heavy (non-hydrogen) atoms. The first-order valence-electron chi connectivity index (χ1n) is 8.99. The minimum Gasteiger partial charge on any atom is -0.273 e. The minimum absolute atomic E-state index is 0.00805. The van der Waals surface area contributed by atoms with Gasteiger partial charge in [-0.05, 0) is 49.6 Å². The highest BCUT2D eigenvalue weighted by Gasteiger charge is 2.29. The number of nitrogens with one attached hydrogen (secondary N) is 2. The van der Waals surface area contributed by atoms with Crippen LogP contribution < -0.4 is 10.9 Å². The Hall–Kier alpha value is -2.71. The second kappa shape index (κ2) is 8.12. The molecule has 1 aliphatic carbocycles. The Morgan fingerprint density at radius 3 is 2.18 bits per heavy atom. The van der Waals surface area contributed by atoms with Crippen molar-refractivity contribution in [3.8, 4) is 0 Å². The highest BCUT2D eigenvalue weighted by molar-refractivity contribution is 7.89. The van der Waals surface area contributed by atoms with Gasteiger partial charge in [-0.3, -0.25) is 20.4 Å². The molecule has 0 saturated heterocycles. The lowest BCUT2D eigenvalue weighted by Gasteiger charge is -2.17. The molecule has 2 N–H and O–H groups in total. The minimum atomic E-state index is -3.59. The second-order valence-corrected chi connectivity index (χ2v) is 9.03. The predicted octanol–water partition coefficient (Wildman–Crippen LogP) is 1.99. The van der Waals surface area contributed by atoms with E-state index in [1.807, 2.05) is 6.92 Å². The van der Waals surface area contributed by atoms with E-state index in [1.165, 1.54) is 11.4 Å².